The Kier molecular flexibility index (Phi) is 5.18. The van der Waals surface area contributed by atoms with Crippen LogP contribution in [0.15, 0.2) is 46.7 Å². The zero-order valence-corrected chi connectivity index (χ0v) is 19.5. The molecule has 158 valence electrons. The number of nitrogens with zero attached hydrogens (tertiary/aromatic N) is 4. The van der Waals surface area contributed by atoms with Crippen molar-refractivity contribution < 1.29 is 4.79 Å². The van der Waals surface area contributed by atoms with Crippen molar-refractivity contribution in [3.63, 3.8) is 0 Å². The first-order valence-electron chi connectivity index (χ1n) is 10.4. The minimum atomic E-state index is -0.0417. The Hall–Kier alpha value is -2.51. The topological polar surface area (TPSA) is 60.7 Å². The van der Waals surface area contributed by atoms with E-state index in [1.807, 2.05) is 6.26 Å². The minimum Gasteiger partial charge on any atom is -0.294 e. The Balaban J connectivity index is 1.43. The Morgan fingerprint density at radius 1 is 1.13 bits per heavy atom. The normalized spacial score (nSPS) is 15.4. The molecule has 0 atom stereocenters. The highest BCUT2D eigenvalue weighted by Gasteiger charge is 2.37. The van der Waals surface area contributed by atoms with E-state index in [9.17, 15) is 4.79 Å². The lowest BCUT2D eigenvalue weighted by Gasteiger charge is -2.29. The number of ketones is 1. The summed E-state index contributed by atoms with van der Waals surface area (Å²) in [6.07, 6.45) is 4.32. The molecule has 0 saturated heterocycles. The predicted molar refractivity (Wildman–Crippen MR) is 127 cm³/mol. The molecule has 5 nitrogen and oxygen atoms in total. The molecule has 2 aromatic carbocycles. The number of thiophene rings is 1. The molecule has 31 heavy (non-hydrogen) atoms. The molecule has 0 unspecified atom stereocenters. The Labute approximate surface area is 189 Å². The summed E-state index contributed by atoms with van der Waals surface area (Å²) >= 11 is 3.26. The number of tetrazole rings is 1. The van der Waals surface area contributed by atoms with E-state index in [-0.39, 0.29) is 11.2 Å². The van der Waals surface area contributed by atoms with Gasteiger partial charge in [0.05, 0.1) is 15.6 Å². The maximum absolute atomic E-state index is 12.8. The number of thioether (sulfide) groups is 1. The summed E-state index contributed by atoms with van der Waals surface area (Å²) in [4.78, 5) is 15.5. The summed E-state index contributed by atoms with van der Waals surface area (Å²) < 4.78 is 1.07. The van der Waals surface area contributed by atoms with Gasteiger partial charge >= 0.3 is 0 Å². The number of hydrogen-bond donors (Lipinski definition) is 0. The fourth-order valence-electron chi connectivity index (χ4n) is 4.44. The average molecular weight is 449 g/mol. The van der Waals surface area contributed by atoms with E-state index < -0.39 is 0 Å². The fraction of sp³-hybridized carbons (Fsp3) is 0.333. The van der Waals surface area contributed by atoms with Crippen LogP contribution in [0.25, 0.3) is 21.5 Å². The van der Waals surface area contributed by atoms with Gasteiger partial charge in [0, 0.05) is 12.0 Å². The Morgan fingerprint density at radius 3 is 2.77 bits per heavy atom. The highest BCUT2D eigenvalue weighted by atomic mass is 32.2. The lowest BCUT2D eigenvalue weighted by atomic mass is 9.74. The lowest BCUT2D eigenvalue weighted by Crippen LogP contribution is -2.26. The zero-order valence-electron chi connectivity index (χ0n) is 17.9. The van der Waals surface area contributed by atoms with Crippen LogP contribution in [-0.2, 0) is 19.4 Å². The first kappa shape index (κ1) is 20.4. The number of rotatable bonds is 5. The van der Waals surface area contributed by atoms with Crippen molar-refractivity contribution in [1.29, 1.82) is 0 Å². The van der Waals surface area contributed by atoms with Gasteiger partial charge in [-0.2, -0.15) is 4.80 Å². The third-order valence-electron chi connectivity index (χ3n) is 5.85. The number of aromatic nitrogens is 4. The van der Waals surface area contributed by atoms with Gasteiger partial charge in [-0.15, -0.1) is 33.3 Å². The largest absolute Gasteiger partial charge is 0.294 e. The van der Waals surface area contributed by atoms with Crippen LogP contribution in [0.3, 0.4) is 0 Å². The predicted octanol–water partition coefficient (Wildman–Crippen LogP) is 5.67. The summed E-state index contributed by atoms with van der Waals surface area (Å²) in [6.45, 7) is 4.97. The fourth-order valence-corrected chi connectivity index (χ4v) is 6.46. The van der Waals surface area contributed by atoms with E-state index in [0.29, 0.717) is 18.8 Å². The third-order valence-corrected chi connectivity index (χ3v) is 8.20. The van der Waals surface area contributed by atoms with Crippen molar-refractivity contribution in [2.24, 2.45) is 5.41 Å². The molecule has 0 N–H and O–H groups in total. The molecule has 0 saturated carbocycles. The van der Waals surface area contributed by atoms with Crippen molar-refractivity contribution in [3.05, 3.63) is 59.2 Å². The van der Waals surface area contributed by atoms with E-state index >= 15 is 0 Å². The van der Waals surface area contributed by atoms with E-state index in [1.54, 1.807) is 27.9 Å². The number of hydrogen-bond acceptors (Lipinski definition) is 6. The van der Waals surface area contributed by atoms with Gasteiger partial charge in [0.1, 0.15) is 0 Å². The molecular weight excluding hydrogens is 424 g/mol. The van der Waals surface area contributed by atoms with Crippen LogP contribution in [0.4, 0.5) is 0 Å². The second kappa shape index (κ2) is 7.88. The molecule has 0 aliphatic heterocycles. The molecule has 1 aliphatic carbocycles. The van der Waals surface area contributed by atoms with Gasteiger partial charge in [0.15, 0.2) is 5.78 Å². The highest BCUT2D eigenvalue weighted by molar-refractivity contribution is 8.00. The first-order chi connectivity index (χ1) is 14.9. The van der Waals surface area contributed by atoms with Crippen LogP contribution < -0.4 is 0 Å². The lowest BCUT2D eigenvalue weighted by molar-refractivity contribution is 0.0910. The maximum atomic E-state index is 12.8. The van der Waals surface area contributed by atoms with Crippen LogP contribution in [0.1, 0.15) is 41.8 Å². The molecule has 0 amide bonds. The highest BCUT2D eigenvalue weighted by Crippen LogP contribution is 2.47. The van der Waals surface area contributed by atoms with Gasteiger partial charge in [-0.3, -0.25) is 4.79 Å². The molecule has 7 heteroatoms. The van der Waals surface area contributed by atoms with E-state index in [4.69, 9.17) is 0 Å². The van der Waals surface area contributed by atoms with Gasteiger partial charge in [0.2, 0.25) is 5.82 Å². The maximum Gasteiger partial charge on any atom is 0.215 e. The first-order valence-corrected chi connectivity index (χ1v) is 12.5. The summed E-state index contributed by atoms with van der Waals surface area (Å²) in [5, 5.41) is 15.9. The summed E-state index contributed by atoms with van der Waals surface area (Å²) in [5.74, 6) is 0.867. The molecule has 1 aliphatic rings. The number of fused-ring (bicyclic) bond motifs is 2. The monoisotopic (exact) mass is 448 g/mol. The third kappa shape index (κ3) is 3.81. The summed E-state index contributed by atoms with van der Waals surface area (Å²) in [7, 11) is 0. The van der Waals surface area contributed by atoms with Gasteiger partial charge in [-0.25, -0.2) is 0 Å². The van der Waals surface area contributed by atoms with E-state index in [0.717, 1.165) is 33.1 Å². The van der Waals surface area contributed by atoms with Crippen molar-refractivity contribution in [1.82, 2.24) is 20.2 Å². The summed E-state index contributed by atoms with van der Waals surface area (Å²) in [5.41, 5.74) is 3.23. The molecule has 0 spiro atoms. The van der Waals surface area contributed by atoms with Gasteiger partial charge in [-0.05, 0) is 51.6 Å². The number of Topliss-reactive ketones (excluding diaryl/α,β-unsaturated/α-hetero) is 1. The van der Waals surface area contributed by atoms with E-state index in [2.05, 4.69) is 71.7 Å². The van der Waals surface area contributed by atoms with Gasteiger partial charge < -0.3 is 0 Å². The van der Waals surface area contributed by atoms with Crippen molar-refractivity contribution >= 4 is 39.7 Å². The van der Waals surface area contributed by atoms with E-state index in [1.165, 1.54) is 16.3 Å². The van der Waals surface area contributed by atoms with Crippen LogP contribution >= 0.6 is 23.1 Å². The number of carbonyl (C=O) groups excluding carboxylic acids is 1. The van der Waals surface area contributed by atoms with Crippen LogP contribution in [0, 0.1) is 5.41 Å². The second-order valence-electron chi connectivity index (χ2n) is 8.81. The quantitative estimate of drug-likeness (QED) is 0.368. The van der Waals surface area contributed by atoms with Gasteiger partial charge in [-0.1, -0.05) is 56.3 Å². The standard InChI is InChI=1S/C24H24N4OS2/c1-24(2)13-18-20(19(29)14-24)23(30-3)31-21(18)22-25-27-28(26-22)12-11-16-9-6-8-15-7-4-5-10-17(15)16/h4-10H,11-14H2,1-3H3. The smallest absolute Gasteiger partial charge is 0.215 e. The van der Waals surface area contributed by atoms with Gasteiger partial charge in [0.25, 0.3) is 0 Å². The Bertz CT molecular complexity index is 1280. The molecule has 2 heterocycles. The Morgan fingerprint density at radius 2 is 1.94 bits per heavy atom. The SMILES string of the molecule is CSc1sc(-c2nnn(CCc3cccc4ccccc34)n2)c2c1C(=O)CC(C)(C)C2. The van der Waals surface area contributed by atoms with Crippen molar-refractivity contribution in [2.75, 3.05) is 6.26 Å². The zero-order chi connectivity index (χ0) is 21.6. The summed E-state index contributed by atoms with van der Waals surface area (Å²) in [6, 6.07) is 14.8. The molecule has 2 aromatic heterocycles. The van der Waals surface area contributed by atoms with Crippen molar-refractivity contribution in [3.8, 4) is 10.7 Å². The average Bonchev–Trinajstić information content (AvgIpc) is 3.35. The number of aryl methyl sites for hydroxylation is 2. The second-order valence-corrected chi connectivity index (χ2v) is 10.9. The van der Waals surface area contributed by atoms with Crippen LogP contribution in [0.2, 0.25) is 0 Å². The van der Waals surface area contributed by atoms with Crippen LogP contribution in [0.5, 0.6) is 0 Å². The van der Waals surface area contributed by atoms with Crippen LogP contribution in [-0.4, -0.2) is 32.2 Å². The molecule has 0 bridgehead atoms. The molecular formula is C24H24N4OS2. The van der Waals surface area contributed by atoms with Crippen molar-refractivity contribution in [2.45, 2.75) is 43.9 Å². The molecule has 0 radical (unpaired) electrons. The molecule has 0 fully saturated rings. The molecule has 5 rings (SSSR count). The minimum absolute atomic E-state index is 0.0417. The number of carbonyl (C=O) groups is 1. The molecule has 4 aromatic rings. The number of benzene rings is 2.